The Bertz CT molecular complexity index is 823. The molecule has 2 amide bonds. The molecule has 0 saturated heterocycles. The van der Waals surface area contributed by atoms with Gasteiger partial charge in [0, 0.05) is 25.6 Å². The molecule has 26 heavy (non-hydrogen) atoms. The molecule has 0 bridgehead atoms. The summed E-state index contributed by atoms with van der Waals surface area (Å²) in [4.78, 5) is 26.1. The van der Waals surface area contributed by atoms with E-state index in [1.54, 1.807) is 11.0 Å². The molecule has 0 radical (unpaired) electrons. The molecule has 0 fully saturated rings. The number of nitrogens with zero attached hydrogens (tertiary/aromatic N) is 1. The molecule has 0 aliphatic heterocycles. The van der Waals surface area contributed by atoms with Gasteiger partial charge >= 0.3 is 0 Å². The van der Waals surface area contributed by atoms with Crippen LogP contribution in [0.5, 0.6) is 0 Å². The second kappa shape index (κ2) is 8.37. The van der Waals surface area contributed by atoms with E-state index < -0.39 is 0 Å². The van der Waals surface area contributed by atoms with Gasteiger partial charge in [0.25, 0.3) is 5.91 Å². The van der Waals surface area contributed by atoms with Crippen molar-refractivity contribution in [2.24, 2.45) is 0 Å². The predicted molar refractivity (Wildman–Crippen MR) is 107 cm³/mol. The van der Waals surface area contributed by atoms with Crippen molar-refractivity contribution >= 4 is 29.1 Å². The zero-order valence-electron chi connectivity index (χ0n) is 15.9. The number of benzene rings is 2. The summed E-state index contributed by atoms with van der Waals surface area (Å²) >= 11 is 6.36. The zero-order valence-corrected chi connectivity index (χ0v) is 16.7. The summed E-state index contributed by atoms with van der Waals surface area (Å²) in [5, 5.41) is 3.42. The first-order valence-corrected chi connectivity index (χ1v) is 8.98. The van der Waals surface area contributed by atoms with Crippen molar-refractivity contribution in [2.45, 2.75) is 34.6 Å². The lowest BCUT2D eigenvalue weighted by molar-refractivity contribution is -0.116. The minimum absolute atomic E-state index is 0.112. The number of hydrogen-bond acceptors (Lipinski definition) is 2. The fraction of sp³-hybridized carbons (Fsp3) is 0.333. The maximum atomic E-state index is 12.3. The molecule has 138 valence electrons. The van der Waals surface area contributed by atoms with Gasteiger partial charge in [0.15, 0.2) is 0 Å². The molecule has 5 heteroatoms. The highest BCUT2D eigenvalue weighted by atomic mass is 35.5. The summed E-state index contributed by atoms with van der Waals surface area (Å²) in [6, 6.07) is 9.44. The first-order valence-electron chi connectivity index (χ1n) is 8.61. The van der Waals surface area contributed by atoms with Crippen LogP contribution in [0.1, 0.15) is 39.5 Å². The summed E-state index contributed by atoms with van der Waals surface area (Å²) in [6.07, 6.45) is 0. The Labute approximate surface area is 160 Å². The van der Waals surface area contributed by atoms with Gasteiger partial charge in [-0.1, -0.05) is 23.7 Å². The maximum Gasteiger partial charge on any atom is 0.251 e. The molecular formula is C21H25ClN2O2. The Morgan fingerprint density at radius 1 is 1.00 bits per heavy atom. The van der Waals surface area contributed by atoms with E-state index in [1.165, 1.54) is 6.92 Å². The summed E-state index contributed by atoms with van der Waals surface area (Å²) in [5.74, 6) is -0.261. The van der Waals surface area contributed by atoms with E-state index in [9.17, 15) is 9.59 Å². The third-order valence-electron chi connectivity index (χ3n) is 4.44. The van der Waals surface area contributed by atoms with E-state index in [0.29, 0.717) is 29.4 Å². The molecule has 0 spiro atoms. The molecule has 2 aromatic rings. The van der Waals surface area contributed by atoms with Crippen LogP contribution in [0.2, 0.25) is 5.02 Å². The Morgan fingerprint density at radius 2 is 1.69 bits per heavy atom. The fourth-order valence-electron chi connectivity index (χ4n) is 2.94. The highest BCUT2D eigenvalue weighted by molar-refractivity contribution is 6.34. The molecule has 0 heterocycles. The van der Waals surface area contributed by atoms with Crippen molar-refractivity contribution in [3.05, 3.63) is 63.2 Å². The number of aryl methyl sites for hydroxylation is 4. The second-order valence-corrected chi connectivity index (χ2v) is 7.05. The summed E-state index contributed by atoms with van der Waals surface area (Å²) < 4.78 is 0. The Morgan fingerprint density at radius 3 is 2.27 bits per heavy atom. The average Bonchev–Trinajstić information content (AvgIpc) is 2.54. The SMILES string of the molecule is CC(=O)N(CCNC(=O)c1ccc(C)c(C)c1)c1c(C)cc(C)cc1Cl. The van der Waals surface area contributed by atoms with Gasteiger partial charge in [0.1, 0.15) is 0 Å². The Hall–Kier alpha value is -2.33. The van der Waals surface area contributed by atoms with Crippen LogP contribution in [0.15, 0.2) is 30.3 Å². The molecule has 4 nitrogen and oxygen atoms in total. The van der Waals surface area contributed by atoms with Crippen LogP contribution in [-0.2, 0) is 4.79 Å². The van der Waals surface area contributed by atoms with E-state index in [-0.39, 0.29) is 11.8 Å². The molecule has 0 aliphatic carbocycles. The highest BCUT2D eigenvalue weighted by Gasteiger charge is 2.18. The fourth-order valence-corrected chi connectivity index (χ4v) is 3.37. The number of hydrogen-bond donors (Lipinski definition) is 1. The smallest absolute Gasteiger partial charge is 0.251 e. The van der Waals surface area contributed by atoms with Crippen LogP contribution >= 0.6 is 11.6 Å². The van der Waals surface area contributed by atoms with Gasteiger partial charge in [-0.05, 0) is 68.1 Å². The summed E-state index contributed by atoms with van der Waals surface area (Å²) in [6.45, 7) is 10.1. The van der Waals surface area contributed by atoms with Crippen LogP contribution in [0, 0.1) is 27.7 Å². The van der Waals surface area contributed by atoms with Gasteiger partial charge in [-0.25, -0.2) is 0 Å². The zero-order chi connectivity index (χ0) is 19.4. The van der Waals surface area contributed by atoms with Crippen molar-refractivity contribution in [3.8, 4) is 0 Å². The van der Waals surface area contributed by atoms with Crippen LogP contribution in [-0.4, -0.2) is 24.9 Å². The van der Waals surface area contributed by atoms with Crippen LogP contribution in [0.3, 0.4) is 0 Å². The van der Waals surface area contributed by atoms with Crippen molar-refractivity contribution in [3.63, 3.8) is 0 Å². The molecule has 2 aromatic carbocycles. The topological polar surface area (TPSA) is 49.4 Å². The number of carbonyl (C=O) groups is 2. The third-order valence-corrected chi connectivity index (χ3v) is 4.73. The van der Waals surface area contributed by atoms with E-state index in [1.807, 2.05) is 52.0 Å². The van der Waals surface area contributed by atoms with Gasteiger partial charge in [0.05, 0.1) is 10.7 Å². The molecule has 0 unspecified atom stereocenters. The molecular weight excluding hydrogens is 348 g/mol. The minimum Gasteiger partial charge on any atom is -0.350 e. The minimum atomic E-state index is -0.150. The average molecular weight is 373 g/mol. The molecule has 0 atom stereocenters. The van der Waals surface area contributed by atoms with E-state index in [4.69, 9.17) is 11.6 Å². The lowest BCUT2D eigenvalue weighted by Gasteiger charge is -2.25. The van der Waals surface area contributed by atoms with Crippen LogP contribution in [0.25, 0.3) is 0 Å². The van der Waals surface area contributed by atoms with Crippen LogP contribution in [0.4, 0.5) is 5.69 Å². The normalized spacial score (nSPS) is 10.5. The first kappa shape index (κ1) is 20.0. The van der Waals surface area contributed by atoms with E-state index >= 15 is 0 Å². The Kier molecular flexibility index (Phi) is 6.43. The largest absolute Gasteiger partial charge is 0.350 e. The summed E-state index contributed by atoms with van der Waals surface area (Å²) in [7, 11) is 0. The molecule has 0 aliphatic rings. The van der Waals surface area contributed by atoms with Gasteiger partial charge in [-0.15, -0.1) is 0 Å². The lowest BCUT2D eigenvalue weighted by Crippen LogP contribution is -2.38. The lowest BCUT2D eigenvalue weighted by atomic mass is 10.1. The standard InChI is InChI=1S/C21H25ClN2O2/c1-13-10-16(4)20(19(22)11-13)24(17(5)25)9-8-23-21(26)18-7-6-14(2)15(3)12-18/h6-7,10-12H,8-9H2,1-5H3,(H,23,26). The van der Waals surface area contributed by atoms with E-state index in [2.05, 4.69) is 5.32 Å². The molecule has 0 aromatic heterocycles. The maximum absolute atomic E-state index is 12.3. The number of nitrogens with one attached hydrogen (secondary N) is 1. The van der Waals surface area contributed by atoms with Crippen LogP contribution < -0.4 is 10.2 Å². The number of carbonyl (C=O) groups excluding carboxylic acids is 2. The molecule has 2 rings (SSSR count). The number of halogens is 1. The second-order valence-electron chi connectivity index (χ2n) is 6.64. The quantitative estimate of drug-likeness (QED) is 0.847. The highest BCUT2D eigenvalue weighted by Crippen LogP contribution is 2.31. The van der Waals surface area contributed by atoms with Crippen molar-refractivity contribution in [1.82, 2.24) is 5.32 Å². The third kappa shape index (κ3) is 4.64. The number of amides is 2. The van der Waals surface area contributed by atoms with Gasteiger partial charge in [-0.2, -0.15) is 0 Å². The van der Waals surface area contributed by atoms with Crippen molar-refractivity contribution in [2.75, 3.05) is 18.0 Å². The van der Waals surface area contributed by atoms with Gasteiger partial charge < -0.3 is 10.2 Å². The molecule has 0 saturated carbocycles. The predicted octanol–water partition coefficient (Wildman–Crippen LogP) is 4.36. The summed E-state index contributed by atoms with van der Waals surface area (Å²) in [5.41, 5.74) is 5.52. The van der Waals surface area contributed by atoms with Crippen molar-refractivity contribution in [1.29, 1.82) is 0 Å². The van der Waals surface area contributed by atoms with Gasteiger partial charge in [-0.3, -0.25) is 9.59 Å². The van der Waals surface area contributed by atoms with E-state index in [0.717, 1.165) is 22.3 Å². The molecule has 1 N–H and O–H groups in total. The van der Waals surface area contributed by atoms with Gasteiger partial charge in [0.2, 0.25) is 5.91 Å². The number of rotatable bonds is 5. The number of anilines is 1. The monoisotopic (exact) mass is 372 g/mol. The Balaban J connectivity index is 2.09. The first-order chi connectivity index (χ1) is 12.2. The van der Waals surface area contributed by atoms with Crippen molar-refractivity contribution < 1.29 is 9.59 Å².